The van der Waals surface area contributed by atoms with Crippen LogP contribution in [-0.4, -0.2) is 58.8 Å². The molecule has 1 fully saturated rings. The lowest BCUT2D eigenvalue weighted by Crippen LogP contribution is -2.30. The number of methoxy groups -OCH3 is 1. The first-order valence-electron chi connectivity index (χ1n) is 9.68. The van der Waals surface area contributed by atoms with Crippen LogP contribution in [0.4, 0.5) is 0 Å². The largest absolute Gasteiger partial charge is 0.497 e. The minimum absolute atomic E-state index is 0.0734. The van der Waals surface area contributed by atoms with Crippen LogP contribution in [0.15, 0.2) is 52.3 Å². The molecule has 1 aliphatic rings. The number of benzene rings is 2. The summed E-state index contributed by atoms with van der Waals surface area (Å²) in [6, 6.07) is 11.8. The molecule has 0 spiro atoms. The van der Waals surface area contributed by atoms with E-state index >= 15 is 0 Å². The molecule has 1 amide bonds. The van der Waals surface area contributed by atoms with E-state index < -0.39 is 10.0 Å². The summed E-state index contributed by atoms with van der Waals surface area (Å²) in [5.41, 5.74) is 0.430. The smallest absolute Gasteiger partial charge is 0.255 e. The van der Waals surface area contributed by atoms with Crippen molar-refractivity contribution >= 4 is 27.7 Å². The van der Waals surface area contributed by atoms with Gasteiger partial charge in [0.2, 0.25) is 10.0 Å². The number of thioether (sulfide) groups is 1. The molecular formula is C21H26N2O5S2. The molecule has 1 saturated heterocycles. The van der Waals surface area contributed by atoms with Gasteiger partial charge in [0.25, 0.3) is 5.91 Å². The van der Waals surface area contributed by atoms with Gasteiger partial charge in [0, 0.05) is 30.6 Å². The van der Waals surface area contributed by atoms with E-state index in [2.05, 4.69) is 4.72 Å². The summed E-state index contributed by atoms with van der Waals surface area (Å²) in [6.45, 7) is 1.68. The van der Waals surface area contributed by atoms with Gasteiger partial charge in [0.15, 0.2) is 0 Å². The van der Waals surface area contributed by atoms with Gasteiger partial charge in [-0.15, -0.1) is 11.8 Å². The first-order chi connectivity index (χ1) is 14.4. The van der Waals surface area contributed by atoms with Crippen LogP contribution in [0.1, 0.15) is 23.2 Å². The molecule has 0 saturated carbocycles. The highest BCUT2D eigenvalue weighted by Gasteiger charge is 2.24. The molecule has 0 aliphatic carbocycles. The molecule has 2 aromatic carbocycles. The predicted molar refractivity (Wildman–Crippen MR) is 117 cm³/mol. The van der Waals surface area contributed by atoms with Crippen LogP contribution in [0.25, 0.3) is 0 Å². The fourth-order valence-electron chi connectivity index (χ4n) is 3.23. The zero-order valence-electron chi connectivity index (χ0n) is 17.1. The Labute approximate surface area is 181 Å². The second kappa shape index (κ2) is 10.2. The van der Waals surface area contributed by atoms with Crippen molar-refractivity contribution in [1.82, 2.24) is 9.62 Å². The van der Waals surface area contributed by atoms with Gasteiger partial charge < -0.3 is 14.4 Å². The lowest BCUT2D eigenvalue weighted by atomic mass is 10.2. The first kappa shape index (κ1) is 22.5. The Morgan fingerprint density at radius 2 is 1.87 bits per heavy atom. The standard InChI is InChI=1S/C21H26N2O5S2/c1-27-16-6-5-7-17(14-16)28-13-10-22-30(25,26)18-8-9-20(29-2)19(15-18)21(24)23-11-3-4-12-23/h5-9,14-15,22H,3-4,10-13H2,1-2H3. The Hall–Kier alpha value is -2.23. The third-order valence-corrected chi connectivity index (χ3v) is 7.06. The van der Waals surface area contributed by atoms with E-state index in [1.807, 2.05) is 6.26 Å². The predicted octanol–water partition coefficient (Wildman–Crippen LogP) is 3.01. The summed E-state index contributed by atoms with van der Waals surface area (Å²) < 4.78 is 38.7. The molecule has 0 radical (unpaired) electrons. The summed E-state index contributed by atoms with van der Waals surface area (Å²) in [6.07, 6.45) is 3.83. The number of sulfonamides is 1. The molecule has 0 bridgehead atoms. The third-order valence-electron chi connectivity index (χ3n) is 4.81. The van der Waals surface area contributed by atoms with Crippen LogP contribution in [0.5, 0.6) is 11.5 Å². The SMILES string of the molecule is COc1cccc(OCCNS(=O)(=O)c2ccc(SC)c(C(=O)N3CCCC3)c2)c1. The number of carbonyl (C=O) groups excluding carboxylic acids is 1. The van der Waals surface area contributed by atoms with Crippen LogP contribution in [0.3, 0.4) is 0 Å². The molecular weight excluding hydrogens is 424 g/mol. The topological polar surface area (TPSA) is 84.9 Å². The van der Waals surface area contributed by atoms with Crippen LogP contribution >= 0.6 is 11.8 Å². The van der Waals surface area contributed by atoms with Crippen molar-refractivity contribution in [3.63, 3.8) is 0 Å². The number of nitrogens with zero attached hydrogens (tertiary/aromatic N) is 1. The minimum atomic E-state index is -3.77. The van der Waals surface area contributed by atoms with Crippen LogP contribution < -0.4 is 14.2 Å². The maximum atomic E-state index is 12.8. The lowest BCUT2D eigenvalue weighted by molar-refractivity contribution is 0.0789. The van der Waals surface area contributed by atoms with Gasteiger partial charge >= 0.3 is 0 Å². The zero-order chi connectivity index (χ0) is 21.6. The Morgan fingerprint density at radius 1 is 1.13 bits per heavy atom. The number of amides is 1. The monoisotopic (exact) mass is 450 g/mol. The van der Waals surface area contributed by atoms with Crippen LogP contribution in [-0.2, 0) is 10.0 Å². The molecule has 1 N–H and O–H groups in total. The molecule has 1 aliphatic heterocycles. The first-order valence-corrected chi connectivity index (χ1v) is 12.4. The summed E-state index contributed by atoms with van der Waals surface area (Å²) in [7, 11) is -2.20. The van der Waals surface area contributed by atoms with E-state index in [1.54, 1.807) is 42.3 Å². The number of carbonyl (C=O) groups is 1. The van der Waals surface area contributed by atoms with Crippen molar-refractivity contribution < 1.29 is 22.7 Å². The second-order valence-corrected chi connectivity index (χ2v) is 9.40. The van der Waals surface area contributed by atoms with Crippen molar-refractivity contribution in [2.75, 3.05) is 39.6 Å². The highest BCUT2D eigenvalue weighted by Crippen LogP contribution is 2.26. The molecule has 0 aromatic heterocycles. The van der Waals surface area contributed by atoms with E-state index in [9.17, 15) is 13.2 Å². The fraction of sp³-hybridized carbons (Fsp3) is 0.381. The number of hydrogen-bond acceptors (Lipinski definition) is 6. The molecule has 0 unspecified atom stereocenters. The van der Waals surface area contributed by atoms with E-state index in [1.165, 1.54) is 23.9 Å². The zero-order valence-corrected chi connectivity index (χ0v) is 18.7. The minimum Gasteiger partial charge on any atom is -0.497 e. The number of nitrogens with one attached hydrogen (secondary N) is 1. The highest BCUT2D eigenvalue weighted by molar-refractivity contribution is 7.98. The van der Waals surface area contributed by atoms with Gasteiger partial charge in [-0.05, 0) is 49.4 Å². The Balaban J connectivity index is 1.66. The molecule has 3 rings (SSSR count). The van der Waals surface area contributed by atoms with Gasteiger partial charge in [-0.25, -0.2) is 13.1 Å². The van der Waals surface area contributed by atoms with Crippen LogP contribution in [0, 0.1) is 0 Å². The maximum absolute atomic E-state index is 12.8. The summed E-state index contributed by atoms with van der Waals surface area (Å²) in [5, 5.41) is 0. The normalized spacial score (nSPS) is 14.0. The Kier molecular flexibility index (Phi) is 7.63. The van der Waals surface area contributed by atoms with E-state index in [4.69, 9.17) is 9.47 Å². The molecule has 1 heterocycles. The van der Waals surface area contributed by atoms with E-state index in [0.717, 1.165) is 17.7 Å². The van der Waals surface area contributed by atoms with Gasteiger partial charge in [-0.3, -0.25) is 4.79 Å². The molecule has 162 valence electrons. The number of ether oxygens (including phenoxy) is 2. The fourth-order valence-corrected chi connectivity index (χ4v) is 4.84. The maximum Gasteiger partial charge on any atom is 0.255 e. The van der Waals surface area contributed by atoms with Crippen molar-refractivity contribution in [2.24, 2.45) is 0 Å². The van der Waals surface area contributed by atoms with E-state index in [0.29, 0.717) is 30.2 Å². The molecule has 2 aromatic rings. The van der Waals surface area contributed by atoms with Gasteiger partial charge in [0.05, 0.1) is 17.6 Å². The average molecular weight is 451 g/mol. The van der Waals surface area contributed by atoms with E-state index in [-0.39, 0.29) is 24.0 Å². The third kappa shape index (κ3) is 5.47. The number of rotatable bonds is 9. The van der Waals surface area contributed by atoms with Gasteiger partial charge in [0.1, 0.15) is 18.1 Å². The average Bonchev–Trinajstić information content (AvgIpc) is 3.31. The van der Waals surface area contributed by atoms with Crippen LogP contribution in [0.2, 0.25) is 0 Å². The van der Waals surface area contributed by atoms with Crippen molar-refractivity contribution in [3.8, 4) is 11.5 Å². The number of likely N-dealkylation sites (tertiary alicyclic amines) is 1. The van der Waals surface area contributed by atoms with Crippen molar-refractivity contribution in [3.05, 3.63) is 48.0 Å². The highest BCUT2D eigenvalue weighted by atomic mass is 32.2. The summed E-state index contributed by atoms with van der Waals surface area (Å²) in [4.78, 5) is 15.5. The lowest BCUT2D eigenvalue weighted by Gasteiger charge is -2.18. The molecule has 7 nitrogen and oxygen atoms in total. The molecule has 9 heteroatoms. The van der Waals surface area contributed by atoms with Crippen molar-refractivity contribution in [2.45, 2.75) is 22.6 Å². The quantitative estimate of drug-likeness (QED) is 0.467. The summed E-state index contributed by atoms with van der Waals surface area (Å²) in [5.74, 6) is 1.14. The van der Waals surface area contributed by atoms with Gasteiger partial charge in [-0.2, -0.15) is 0 Å². The Bertz CT molecular complexity index is 989. The Morgan fingerprint density at radius 3 is 2.57 bits per heavy atom. The van der Waals surface area contributed by atoms with Crippen molar-refractivity contribution in [1.29, 1.82) is 0 Å². The molecule has 0 atom stereocenters. The number of hydrogen-bond donors (Lipinski definition) is 1. The van der Waals surface area contributed by atoms with Gasteiger partial charge in [-0.1, -0.05) is 6.07 Å². The summed E-state index contributed by atoms with van der Waals surface area (Å²) >= 11 is 1.43. The second-order valence-electron chi connectivity index (χ2n) is 6.79. The molecule has 30 heavy (non-hydrogen) atoms.